The zero-order valence-electron chi connectivity index (χ0n) is 20.6. The fraction of sp³-hybridized carbons (Fsp3) is 0.400. The van der Waals surface area contributed by atoms with Gasteiger partial charge in [0.05, 0.1) is 30.3 Å². The van der Waals surface area contributed by atoms with Crippen LogP contribution in [0.15, 0.2) is 48.7 Å². The van der Waals surface area contributed by atoms with Gasteiger partial charge in [0, 0.05) is 19.2 Å². The lowest BCUT2D eigenvalue weighted by Crippen LogP contribution is -2.45. The van der Waals surface area contributed by atoms with Crippen molar-refractivity contribution in [1.29, 1.82) is 0 Å². The van der Waals surface area contributed by atoms with Crippen LogP contribution < -0.4 is 4.90 Å². The van der Waals surface area contributed by atoms with Gasteiger partial charge in [0.25, 0.3) is 11.9 Å². The number of halogens is 5. The van der Waals surface area contributed by atoms with E-state index >= 15 is 0 Å². The standard InChI is InChI=1S/C25H25F5N6O3/c26-24(27)10-5-12-34(15-24)13-9-17(14-21(38)39)35(16-37)23-32-22(19-7-3-4-11-31-19)36(33-23)20-8-2-1-6-18(20)25(28,29)30/h1-4,6-8,11,16-17H,5,9-10,12-15H2,(H,38,39)/t17-/m0/s1. The highest BCUT2D eigenvalue weighted by molar-refractivity contribution is 5.76. The molecule has 1 aliphatic rings. The van der Waals surface area contributed by atoms with E-state index in [-0.39, 0.29) is 55.4 Å². The smallest absolute Gasteiger partial charge is 0.418 e. The number of alkyl halides is 5. The Hall–Kier alpha value is -3.94. The van der Waals surface area contributed by atoms with Crippen molar-refractivity contribution < 1.29 is 36.6 Å². The molecule has 9 nitrogen and oxygen atoms in total. The Labute approximate surface area is 219 Å². The van der Waals surface area contributed by atoms with Crippen LogP contribution in [0.25, 0.3) is 17.2 Å². The molecule has 3 heterocycles. The summed E-state index contributed by atoms with van der Waals surface area (Å²) in [7, 11) is 0. The lowest BCUT2D eigenvalue weighted by atomic mass is 10.0. The Balaban J connectivity index is 1.74. The van der Waals surface area contributed by atoms with Crippen LogP contribution >= 0.6 is 0 Å². The molecule has 2 aromatic heterocycles. The molecule has 4 rings (SSSR count). The summed E-state index contributed by atoms with van der Waals surface area (Å²) in [6, 6.07) is 8.29. The Kier molecular flexibility index (Phi) is 8.23. The molecule has 0 radical (unpaired) electrons. The molecule has 1 aromatic carbocycles. The Bertz CT molecular complexity index is 1300. The third-order valence-corrected chi connectivity index (χ3v) is 6.33. The molecule has 0 aliphatic carbocycles. The summed E-state index contributed by atoms with van der Waals surface area (Å²) in [5.41, 5.74) is -1.23. The van der Waals surface area contributed by atoms with Gasteiger partial charge < -0.3 is 5.11 Å². The number of pyridine rings is 1. The first kappa shape index (κ1) is 28.1. The average molecular weight is 553 g/mol. The Morgan fingerprint density at radius 2 is 1.92 bits per heavy atom. The van der Waals surface area contributed by atoms with Crippen molar-refractivity contribution in [3.8, 4) is 17.2 Å². The highest BCUT2D eigenvalue weighted by Gasteiger charge is 2.37. The van der Waals surface area contributed by atoms with Gasteiger partial charge in [0.2, 0.25) is 6.41 Å². The maximum absolute atomic E-state index is 13.9. The molecule has 0 unspecified atom stereocenters. The third-order valence-electron chi connectivity index (χ3n) is 6.33. The van der Waals surface area contributed by atoms with Crippen molar-refractivity contribution in [1.82, 2.24) is 24.6 Å². The first-order chi connectivity index (χ1) is 18.5. The van der Waals surface area contributed by atoms with Crippen molar-refractivity contribution in [2.75, 3.05) is 24.5 Å². The maximum Gasteiger partial charge on any atom is 0.418 e. The first-order valence-corrected chi connectivity index (χ1v) is 12.1. The molecular weight excluding hydrogens is 527 g/mol. The largest absolute Gasteiger partial charge is 0.481 e. The maximum atomic E-state index is 13.9. The number of anilines is 1. The van der Waals surface area contributed by atoms with Crippen LogP contribution in [0.4, 0.5) is 27.9 Å². The second-order valence-corrected chi connectivity index (χ2v) is 9.17. The van der Waals surface area contributed by atoms with Gasteiger partial charge in [0.1, 0.15) is 5.69 Å². The molecular formula is C25H25F5N6O3. The van der Waals surface area contributed by atoms with Gasteiger partial charge in [0.15, 0.2) is 5.82 Å². The number of amides is 1. The second kappa shape index (κ2) is 11.4. The summed E-state index contributed by atoms with van der Waals surface area (Å²) >= 11 is 0. The second-order valence-electron chi connectivity index (χ2n) is 9.17. The van der Waals surface area contributed by atoms with Crippen LogP contribution in [-0.4, -0.2) is 73.7 Å². The number of para-hydroxylation sites is 1. The lowest BCUT2D eigenvalue weighted by molar-refractivity contribution is -0.138. The topological polar surface area (TPSA) is 104 Å². The Morgan fingerprint density at radius 1 is 1.18 bits per heavy atom. The zero-order chi connectivity index (χ0) is 28.2. The fourth-order valence-electron chi connectivity index (χ4n) is 4.54. The van der Waals surface area contributed by atoms with E-state index in [1.807, 2.05) is 0 Å². The first-order valence-electron chi connectivity index (χ1n) is 12.1. The fourth-order valence-corrected chi connectivity index (χ4v) is 4.54. The van der Waals surface area contributed by atoms with Crippen LogP contribution in [0.2, 0.25) is 0 Å². The van der Waals surface area contributed by atoms with Crippen LogP contribution in [0, 0.1) is 0 Å². The monoisotopic (exact) mass is 552 g/mol. The molecule has 3 aromatic rings. The number of rotatable bonds is 10. The summed E-state index contributed by atoms with van der Waals surface area (Å²) in [5.74, 6) is -4.59. The predicted octanol–water partition coefficient (Wildman–Crippen LogP) is 4.28. The molecule has 208 valence electrons. The number of piperidine rings is 1. The molecule has 0 saturated carbocycles. The number of carbonyl (C=O) groups excluding carboxylic acids is 1. The number of likely N-dealkylation sites (tertiary alicyclic amines) is 1. The van der Waals surface area contributed by atoms with E-state index in [1.165, 1.54) is 35.4 Å². The minimum absolute atomic E-state index is 0.00623. The minimum Gasteiger partial charge on any atom is -0.481 e. The normalized spacial score (nSPS) is 16.5. The Morgan fingerprint density at radius 3 is 2.56 bits per heavy atom. The number of aromatic nitrogens is 4. The highest BCUT2D eigenvalue weighted by Crippen LogP contribution is 2.35. The molecule has 1 amide bonds. The van der Waals surface area contributed by atoms with E-state index in [0.29, 0.717) is 6.54 Å². The van der Waals surface area contributed by atoms with Crippen molar-refractivity contribution in [3.05, 3.63) is 54.2 Å². The molecule has 1 saturated heterocycles. The van der Waals surface area contributed by atoms with Crippen LogP contribution in [0.5, 0.6) is 0 Å². The molecule has 14 heteroatoms. The van der Waals surface area contributed by atoms with E-state index in [9.17, 15) is 36.6 Å². The van der Waals surface area contributed by atoms with Crippen molar-refractivity contribution >= 4 is 18.3 Å². The predicted molar refractivity (Wildman–Crippen MR) is 129 cm³/mol. The summed E-state index contributed by atoms with van der Waals surface area (Å²) in [6.07, 6.45) is -3.58. The molecule has 1 fully saturated rings. The van der Waals surface area contributed by atoms with Gasteiger partial charge in [-0.15, -0.1) is 5.10 Å². The van der Waals surface area contributed by atoms with Crippen LogP contribution in [0.1, 0.15) is 31.2 Å². The van der Waals surface area contributed by atoms with Gasteiger partial charge in [-0.3, -0.25) is 24.4 Å². The number of nitrogens with zero attached hydrogens (tertiary/aromatic N) is 6. The third kappa shape index (κ3) is 6.74. The van der Waals surface area contributed by atoms with Gasteiger partial charge in [-0.25, -0.2) is 13.5 Å². The average Bonchev–Trinajstić information content (AvgIpc) is 3.32. The molecule has 1 N–H and O–H groups in total. The van der Waals surface area contributed by atoms with Crippen molar-refractivity contribution in [2.45, 2.75) is 43.8 Å². The van der Waals surface area contributed by atoms with E-state index < -0.39 is 42.6 Å². The summed E-state index contributed by atoms with van der Waals surface area (Å²) in [5, 5.41) is 13.7. The van der Waals surface area contributed by atoms with Crippen molar-refractivity contribution in [2.24, 2.45) is 0 Å². The molecule has 0 bridgehead atoms. The minimum atomic E-state index is -4.74. The van der Waals surface area contributed by atoms with Crippen LogP contribution in [0.3, 0.4) is 0 Å². The van der Waals surface area contributed by atoms with Gasteiger partial charge in [-0.2, -0.15) is 18.2 Å². The quantitative estimate of drug-likeness (QED) is 0.296. The molecule has 1 atom stereocenters. The molecule has 1 aliphatic heterocycles. The van der Waals surface area contributed by atoms with Crippen LogP contribution in [-0.2, 0) is 15.8 Å². The van der Waals surface area contributed by atoms with E-state index in [0.717, 1.165) is 15.6 Å². The zero-order valence-corrected chi connectivity index (χ0v) is 20.6. The number of hydrogen-bond acceptors (Lipinski definition) is 6. The molecule has 0 spiro atoms. The van der Waals surface area contributed by atoms with Gasteiger partial charge in [-0.05, 0) is 43.7 Å². The summed E-state index contributed by atoms with van der Waals surface area (Å²) in [6.45, 7) is -0.0250. The number of carbonyl (C=O) groups is 2. The number of carboxylic acid groups (broad SMARTS) is 1. The van der Waals surface area contributed by atoms with Crippen molar-refractivity contribution in [3.63, 3.8) is 0 Å². The highest BCUT2D eigenvalue weighted by atomic mass is 19.4. The van der Waals surface area contributed by atoms with E-state index in [1.54, 1.807) is 12.1 Å². The van der Waals surface area contributed by atoms with Gasteiger partial charge >= 0.3 is 12.1 Å². The summed E-state index contributed by atoms with van der Waals surface area (Å²) in [4.78, 5) is 34.7. The number of carboxylic acids is 1. The van der Waals surface area contributed by atoms with E-state index in [2.05, 4.69) is 15.1 Å². The number of hydrogen-bond donors (Lipinski definition) is 1. The molecule has 39 heavy (non-hydrogen) atoms. The van der Waals surface area contributed by atoms with E-state index in [4.69, 9.17) is 0 Å². The SMILES string of the molecule is O=CN(c1nc(-c2ccccn2)n(-c2ccccc2C(F)(F)F)n1)[C@@H](CCN1CCCC(F)(F)C1)CC(=O)O. The number of benzene rings is 1. The summed E-state index contributed by atoms with van der Waals surface area (Å²) < 4.78 is 70.1. The van der Waals surface area contributed by atoms with Gasteiger partial charge in [-0.1, -0.05) is 18.2 Å². The lowest BCUT2D eigenvalue weighted by Gasteiger charge is -2.34. The number of aliphatic carboxylic acids is 1.